The molecule has 0 unspecified atom stereocenters. The fourth-order valence-corrected chi connectivity index (χ4v) is 1.73. The number of benzene rings is 1. The van der Waals surface area contributed by atoms with E-state index in [1.54, 1.807) is 12.1 Å². The Morgan fingerprint density at radius 3 is 2.29 bits per heavy atom. The SMILES string of the molecule is CCOc1ccc(NS(N)(=O)=O)cc1OCC. The summed E-state index contributed by atoms with van der Waals surface area (Å²) in [4.78, 5) is 0. The van der Waals surface area contributed by atoms with Gasteiger partial charge in [0, 0.05) is 6.07 Å². The smallest absolute Gasteiger partial charge is 0.296 e. The van der Waals surface area contributed by atoms with Crippen molar-refractivity contribution in [3.05, 3.63) is 18.2 Å². The van der Waals surface area contributed by atoms with Crippen molar-refractivity contribution in [1.29, 1.82) is 0 Å². The lowest BCUT2D eigenvalue weighted by molar-refractivity contribution is 0.288. The summed E-state index contributed by atoms with van der Waals surface area (Å²) in [5, 5.41) is 4.88. The molecule has 1 aromatic rings. The highest BCUT2D eigenvalue weighted by molar-refractivity contribution is 7.90. The van der Waals surface area contributed by atoms with E-state index in [4.69, 9.17) is 14.6 Å². The second-order valence-electron chi connectivity index (χ2n) is 3.17. The molecule has 1 aromatic carbocycles. The van der Waals surface area contributed by atoms with Crippen molar-refractivity contribution >= 4 is 15.9 Å². The van der Waals surface area contributed by atoms with E-state index in [1.165, 1.54) is 6.07 Å². The Labute approximate surface area is 101 Å². The fourth-order valence-electron chi connectivity index (χ4n) is 1.28. The van der Waals surface area contributed by atoms with Crippen LogP contribution in [0.15, 0.2) is 18.2 Å². The maximum atomic E-state index is 10.9. The average Bonchev–Trinajstić information content (AvgIpc) is 2.20. The van der Waals surface area contributed by atoms with Crippen LogP contribution in [0.5, 0.6) is 11.5 Å². The van der Waals surface area contributed by atoms with E-state index >= 15 is 0 Å². The van der Waals surface area contributed by atoms with Crippen LogP contribution in [0.2, 0.25) is 0 Å². The second-order valence-corrected chi connectivity index (χ2v) is 4.47. The van der Waals surface area contributed by atoms with Crippen LogP contribution >= 0.6 is 0 Å². The molecule has 0 heterocycles. The van der Waals surface area contributed by atoms with Gasteiger partial charge in [-0.3, -0.25) is 4.72 Å². The van der Waals surface area contributed by atoms with Crippen LogP contribution in [0.25, 0.3) is 0 Å². The minimum atomic E-state index is -3.78. The molecule has 0 fully saturated rings. The monoisotopic (exact) mass is 260 g/mol. The first-order valence-electron chi connectivity index (χ1n) is 5.16. The van der Waals surface area contributed by atoms with Crippen LogP contribution in [-0.4, -0.2) is 21.6 Å². The Morgan fingerprint density at radius 1 is 1.18 bits per heavy atom. The Kier molecular flexibility index (Phi) is 4.59. The molecular weight excluding hydrogens is 244 g/mol. The number of ether oxygens (including phenoxy) is 2. The quantitative estimate of drug-likeness (QED) is 0.801. The highest BCUT2D eigenvalue weighted by Gasteiger charge is 2.08. The largest absolute Gasteiger partial charge is 0.490 e. The molecule has 17 heavy (non-hydrogen) atoms. The zero-order chi connectivity index (χ0) is 12.9. The third kappa shape index (κ3) is 4.49. The van der Waals surface area contributed by atoms with E-state index in [0.29, 0.717) is 30.4 Å². The highest BCUT2D eigenvalue weighted by atomic mass is 32.2. The van der Waals surface area contributed by atoms with Gasteiger partial charge in [0.15, 0.2) is 11.5 Å². The van der Waals surface area contributed by atoms with E-state index in [1.807, 2.05) is 13.8 Å². The number of rotatable bonds is 6. The molecule has 3 N–H and O–H groups in total. The zero-order valence-electron chi connectivity index (χ0n) is 9.76. The predicted octanol–water partition coefficient (Wildman–Crippen LogP) is 1.10. The number of anilines is 1. The normalized spacial score (nSPS) is 11.0. The summed E-state index contributed by atoms with van der Waals surface area (Å²) < 4.78 is 34.6. The molecular formula is C10H16N2O4S. The van der Waals surface area contributed by atoms with Gasteiger partial charge in [0.2, 0.25) is 0 Å². The van der Waals surface area contributed by atoms with Gasteiger partial charge in [-0.05, 0) is 26.0 Å². The minimum Gasteiger partial charge on any atom is -0.490 e. The molecule has 6 nitrogen and oxygen atoms in total. The molecule has 0 aromatic heterocycles. The van der Waals surface area contributed by atoms with E-state index in [-0.39, 0.29) is 0 Å². The van der Waals surface area contributed by atoms with Crippen LogP contribution < -0.4 is 19.3 Å². The summed E-state index contributed by atoms with van der Waals surface area (Å²) in [7, 11) is -3.78. The lowest BCUT2D eigenvalue weighted by Crippen LogP contribution is -2.21. The fraction of sp³-hybridized carbons (Fsp3) is 0.400. The topological polar surface area (TPSA) is 90.6 Å². The summed E-state index contributed by atoms with van der Waals surface area (Å²) in [5.41, 5.74) is 0.333. The molecule has 0 saturated carbocycles. The predicted molar refractivity (Wildman–Crippen MR) is 65.5 cm³/mol. The summed E-state index contributed by atoms with van der Waals surface area (Å²) in [6.45, 7) is 4.64. The van der Waals surface area contributed by atoms with Gasteiger partial charge < -0.3 is 9.47 Å². The number of nitrogens with one attached hydrogen (secondary N) is 1. The first kappa shape index (κ1) is 13.6. The standard InChI is InChI=1S/C10H16N2O4S/c1-3-15-9-6-5-8(12-17(11,13)14)7-10(9)16-4-2/h5-7,12H,3-4H2,1-2H3,(H2,11,13,14). The van der Waals surface area contributed by atoms with E-state index in [0.717, 1.165) is 0 Å². The van der Waals surface area contributed by atoms with Crippen molar-refractivity contribution in [2.45, 2.75) is 13.8 Å². The van der Waals surface area contributed by atoms with Crippen LogP contribution in [0.4, 0.5) is 5.69 Å². The van der Waals surface area contributed by atoms with Gasteiger partial charge in [0.25, 0.3) is 10.2 Å². The first-order valence-corrected chi connectivity index (χ1v) is 6.71. The molecule has 0 atom stereocenters. The Balaban J connectivity index is 3.00. The van der Waals surface area contributed by atoms with Crippen molar-refractivity contribution in [3.8, 4) is 11.5 Å². The van der Waals surface area contributed by atoms with Gasteiger partial charge in [-0.1, -0.05) is 0 Å². The second kappa shape index (κ2) is 5.74. The molecule has 0 saturated heterocycles. The summed E-state index contributed by atoms with van der Waals surface area (Å²) in [6.07, 6.45) is 0. The summed E-state index contributed by atoms with van der Waals surface area (Å²) >= 11 is 0. The maximum absolute atomic E-state index is 10.9. The molecule has 0 radical (unpaired) electrons. The van der Waals surface area contributed by atoms with Crippen LogP contribution in [-0.2, 0) is 10.2 Å². The van der Waals surface area contributed by atoms with Crippen molar-refractivity contribution in [2.75, 3.05) is 17.9 Å². The third-order valence-electron chi connectivity index (χ3n) is 1.80. The summed E-state index contributed by atoms with van der Waals surface area (Å²) in [6, 6.07) is 4.71. The van der Waals surface area contributed by atoms with Gasteiger partial charge in [-0.2, -0.15) is 8.42 Å². The van der Waals surface area contributed by atoms with Gasteiger partial charge in [-0.15, -0.1) is 0 Å². The van der Waals surface area contributed by atoms with Gasteiger partial charge in [0.05, 0.1) is 18.9 Å². The molecule has 0 aliphatic rings. The van der Waals surface area contributed by atoms with Crippen molar-refractivity contribution in [2.24, 2.45) is 5.14 Å². The van der Waals surface area contributed by atoms with Crippen molar-refractivity contribution < 1.29 is 17.9 Å². The van der Waals surface area contributed by atoms with Gasteiger partial charge >= 0.3 is 0 Å². The van der Waals surface area contributed by atoms with Gasteiger partial charge in [-0.25, -0.2) is 5.14 Å². The highest BCUT2D eigenvalue weighted by Crippen LogP contribution is 2.30. The van der Waals surface area contributed by atoms with Crippen LogP contribution in [0.3, 0.4) is 0 Å². The number of hydrogen-bond acceptors (Lipinski definition) is 4. The van der Waals surface area contributed by atoms with E-state index in [9.17, 15) is 8.42 Å². The Morgan fingerprint density at radius 2 is 1.76 bits per heavy atom. The molecule has 0 spiro atoms. The third-order valence-corrected chi connectivity index (χ3v) is 2.32. The molecule has 0 bridgehead atoms. The number of nitrogens with two attached hydrogens (primary N) is 1. The minimum absolute atomic E-state index is 0.333. The lowest BCUT2D eigenvalue weighted by atomic mass is 10.3. The average molecular weight is 260 g/mol. The zero-order valence-corrected chi connectivity index (χ0v) is 10.6. The Hall–Kier alpha value is -1.47. The van der Waals surface area contributed by atoms with Crippen LogP contribution in [0, 0.1) is 0 Å². The molecule has 0 aliphatic heterocycles. The lowest BCUT2D eigenvalue weighted by Gasteiger charge is -2.12. The van der Waals surface area contributed by atoms with Crippen molar-refractivity contribution in [3.63, 3.8) is 0 Å². The molecule has 96 valence electrons. The summed E-state index contributed by atoms with van der Waals surface area (Å²) in [5.74, 6) is 1.04. The first-order chi connectivity index (χ1) is 7.96. The molecule has 7 heteroatoms. The molecule has 0 aliphatic carbocycles. The molecule has 0 amide bonds. The molecule has 1 rings (SSSR count). The van der Waals surface area contributed by atoms with E-state index < -0.39 is 10.2 Å². The Bertz CT molecular complexity index is 473. The van der Waals surface area contributed by atoms with Crippen molar-refractivity contribution in [1.82, 2.24) is 0 Å². The van der Waals surface area contributed by atoms with E-state index in [2.05, 4.69) is 4.72 Å². The number of hydrogen-bond donors (Lipinski definition) is 2. The van der Waals surface area contributed by atoms with Gasteiger partial charge in [0.1, 0.15) is 0 Å². The maximum Gasteiger partial charge on any atom is 0.296 e. The van der Waals surface area contributed by atoms with Crippen LogP contribution in [0.1, 0.15) is 13.8 Å².